The van der Waals surface area contributed by atoms with Gasteiger partial charge in [-0.3, -0.25) is 4.98 Å². The molecule has 2 rings (SSSR count). The van der Waals surface area contributed by atoms with E-state index in [0.29, 0.717) is 21.9 Å². The van der Waals surface area contributed by atoms with Crippen molar-refractivity contribution in [3.8, 4) is 16.9 Å². The highest BCUT2D eigenvalue weighted by Gasteiger charge is 2.15. The first kappa shape index (κ1) is 16.0. The molecule has 1 aromatic carbocycles. The summed E-state index contributed by atoms with van der Waals surface area (Å²) in [5, 5.41) is 9.44. The first-order valence-electron chi connectivity index (χ1n) is 6.14. The third-order valence-corrected chi connectivity index (χ3v) is 2.78. The second kappa shape index (κ2) is 7.50. The Bertz CT molecular complexity index is 599. The summed E-state index contributed by atoms with van der Waals surface area (Å²) < 4.78 is 5.11. The van der Waals surface area contributed by atoms with Gasteiger partial charge in [0.15, 0.2) is 0 Å². The van der Waals surface area contributed by atoms with Gasteiger partial charge in [-0.2, -0.15) is 0 Å². The van der Waals surface area contributed by atoms with Crippen LogP contribution in [0.15, 0.2) is 36.7 Å². The number of hydrogen-bond donors (Lipinski definition) is 1. The average Bonchev–Trinajstić information content (AvgIpc) is 2.49. The maximum atomic E-state index is 11.2. The number of nitrogens with zero attached hydrogens (tertiary/aromatic N) is 1. The first-order chi connectivity index (χ1) is 9.63. The van der Waals surface area contributed by atoms with Gasteiger partial charge in [0.2, 0.25) is 0 Å². The Kier molecular flexibility index (Phi) is 6.00. The molecule has 0 saturated carbocycles. The Balaban J connectivity index is 0.000000956. The molecular formula is C15H16ClNO3. The summed E-state index contributed by atoms with van der Waals surface area (Å²) in [6.45, 7) is 4.00. The van der Waals surface area contributed by atoms with Crippen LogP contribution in [-0.4, -0.2) is 23.2 Å². The molecular weight excluding hydrogens is 278 g/mol. The Morgan fingerprint density at radius 1 is 1.30 bits per heavy atom. The summed E-state index contributed by atoms with van der Waals surface area (Å²) in [7, 11) is 1.55. The third-order valence-electron chi connectivity index (χ3n) is 2.49. The van der Waals surface area contributed by atoms with Gasteiger partial charge in [-0.15, -0.1) is 0 Å². The number of carboxylic acid groups (broad SMARTS) is 1. The van der Waals surface area contributed by atoms with Crippen LogP contribution in [0.4, 0.5) is 0 Å². The number of aromatic carboxylic acids is 1. The number of pyridine rings is 1. The smallest absolute Gasteiger partial charge is 0.337 e. The van der Waals surface area contributed by atoms with Crippen molar-refractivity contribution in [1.82, 2.24) is 4.98 Å². The molecule has 0 aliphatic heterocycles. The van der Waals surface area contributed by atoms with Crippen LogP contribution in [0.2, 0.25) is 5.02 Å². The van der Waals surface area contributed by atoms with Crippen LogP contribution in [-0.2, 0) is 0 Å². The minimum absolute atomic E-state index is 0.0655. The van der Waals surface area contributed by atoms with Crippen LogP contribution in [0, 0.1) is 0 Å². The maximum absolute atomic E-state index is 11.2. The Morgan fingerprint density at radius 3 is 2.60 bits per heavy atom. The molecule has 2 aromatic rings. The van der Waals surface area contributed by atoms with Crippen LogP contribution in [0.3, 0.4) is 0 Å². The monoisotopic (exact) mass is 293 g/mol. The summed E-state index contributed by atoms with van der Waals surface area (Å²) >= 11 is 6.04. The van der Waals surface area contributed by atoms with Gasteiger partial charge in [0.05, 0.1) is 17.7 Å². The fraction of sp³-hybridized carbons (Fsp3) is 0.200. The van der Waals surface area contributed by atoms with Gasteiger partial charge in [0.25, 0.3) is 0 Å². The van der Waals surface area contributed by atoms with E-state index in [-0.39, 0.29) is 5.56 Å². The number of carbonyl (C=O) groups is 1. The highest BCUT2D eigenvalue weighted by Crippen LogP contribution is 2.32. The van der Waals surface area contributed by atoms with E-state index < -0.39 is 5.97 Å². The topological polar surface area (TPSA) is 59.4 Å². The number of aromatic nitrogens is 1. The van der Waals surface area contributed by atoms with Crippen LogP contribution in [0.25, 0.3) is 11.1 Å². The number of carboxylic acids is 1. The number of ether oxygens (including phenoxy) is 1. The Morgan fingerprint density at radius 2 is 2.00 bits per heavy atom. The predicted molar refractivity (Wildman–Crippen MR) is 79.5 cm³/mol. The lowest BCUT2D eigenvalue weighted by Gasteiger charge is -2.09. The average molecular weight is 294 g/mol. The molecule has 0 atom stereocenters. The van der Waals surface area contributed by atoms with Gasteiger partial charge in [-0.05, 0) is 17.7 Å². The van der Waals surface area contributed by atoms with Gasteiger partial charge in [-0.1, -0.05) is 37.6 Å². The van der Waals surface area contributed by atoms with E-state index in [4.69, 9.17) is 21.4 Å². The maximum Gasteiger partial charge on any atom is 0.337 e. The molecule has 1 heterocycles. The van der Waals surface area contributed by atoms with Crippen molar-refractivity contribution in [2.45, 2.75) is 13.8 Å². The van der Waals surface area contributed by atoms with E-state index in [1.165, 1.54) is 12.4 Å². The molecule has 0 spiro atoms. The van der Waals surface area contributed by atoms with Crippen molar-refractivity contribution in [2.75, 3.05) is 7.11 Å². The Labute approximate surface area is 123 Å². The van der Waals surface area contributed by atoms with Gasteiger partial charge >= 0.3 is 5.97 Å². The van der Waals surface area contributed by atoms with Crippen LogP contribution in [0.1, 0.15) is 24.2 Å². The fourth-order valence-electron chi connectivity index (χ4n) is 1.67. The zero-order valence-electron chi connectivity index (χ0n) is 11.6. The van der Waals surface area contributed by atoms with Crippen LogP contribution < -0.4 is 4.74 Å². The second-order valence-electron chi connectivity index (χ2n) is 3.58. The van der Waals surface area contributed by atoms with Gasteiger partial charge in [-0.25, -0.2) is 4.79 Å². The minimum atomic E-state index is -1.07. The quantitative estimate of drug-likeness (QED) is 0.924. The molecule has 0 fully saturated rings. The van der Waals surface area contributed by atoms with Gasteiger partial charge < -0.3 is 9.84 Å². The first-order valence-corrected chi connectivity index (χ1v) is 6.52. The molecule has 0 bridgehead atoms. The van der Waals surface area contributed by atoms with Gasteiger partial charge in [0, 0.05) is 18.0 Å². The molecule has 1 aromatic heterocycles. The van der Waals surface area contributed by atoms with Crippen molar-refractivity contribution in [3.05, 3.63) is 47.2 Å². The van der Waals surface area contributed by atoms with Crippen LogP contribution in [0.5, 0.6) is 5.75 Å². The molecule has 1 N–H and O–H groups in total. The zero-order valence-corrected chi connectivity index (χ0v) is 12.3. The standard InChI is InChI=1S/C13H10ClNO3.C2H6/c1-18-9-4-2-3-8(5-9)12-10(13(16)17)6-15-7-11(12)14;1-2/h2-7H,1H3,(H,16,17);1-2H3. The van der Waals surface area contributed by atoms with Crippen molar-refractivity contribution in [2.24, 2.45) is 0 Å². The molecule has 106 valence electrons. The van der Waals surface area contributed by atoms with Crippen molar-refractivity contribution >= 4 is 17.6 Å². The SMILES string of the molecule is CC.COc1cccc(-c2c(Cl)cncc2C(=O)O)c1. The minimum Gasteiger partial charge on any atom is -0.497 e. The lowest BCUT2D eigenvalue weighted by Crippen LogP contribution is -2.01. The van der Waals surface area contributed by atoms with E-state index in [0.717, 1.165) is 0 Å². The highest BCUT2D eigenvalue weighted by atomic mass is 35.5. The summed E-state index contributed by atoms with van der Waals surface area (Å²) in [5.41, 5.74) is 1.19. The molecule has 0 aliphatic rings. The summed E-state index contributed by atoms with van der Waals surface area (Å²) in [6, 6.07) is 7.05. The van der Waals surface area contributed by atoms with E-state index in [2.05, 4.69) is 4.98 Å². The molecule has 0 radical (unpaired) electrons. The third kappa shape index (κ3) is 3.48. The van der Waals surface area contributed by atoms with E-state index >= 15 is 0 Å². The number of halogens is 1. The molecule has 0 saturated heterocycles. The highest BCUT2D eigenvalue weighted by molar-refractivity contribution is 6.34. The second-order valence-corrected chi connectivity index (χ2v) is 3.99. The summed E-state index contributed by atoms with van der Waals surface area (Å²) in [6.07, 6.45) is 2.70. The van der Waals surface area contributed by atoms with Crippen molar-refractivity contribution < 1.29 is 14.6 Å². The summed E-state index contributed by atoms with van der Waals surface area (Å²) in [5.74, 6) is -0.431. The number of hydrogen-bond acceptors (Lipinski definition) is 3. The lowest BCUT2D eigenvalue weighted by atomic mass is 10.0. The number of benzene rings is 1. The molecule has 4 nitrogen and oxygen atoms in total. The molecule has 0 amide bonds. The Hall–Kier alpha value is -2.07. The number of methoxy groups -OCH3 is 1. The van der Waals surface area contributed by atoms with Crippen LogP contribution >= 0.6 is 11.6 Å². The van der Waals surface area contributed by atoms with E-state index in [9.17, 15) is 4.79 Å². The van der Waals surface area contributed by atoms with E-state index in [1.807, 2.05) is 13.8 Å². The van der Waals surface area contributed by atoms with Gasteiger partial charge in [0.1, 0.15) is 5.75 Å². The molecule has 20 heavy (non-hydrogen) atoms. The molecule has 0 aliphatic carbocycles. The fourth-order valence-corrected chi connectivity index (χ4v) is 1.94. The van der Waals surface area contributed by atoms with Crippen molar-refractivity contribution in [1.29, 1.82) is 0 Å². The van der Waals surface area contributed by atoms with Crippen molar-refractivity contribution in [3.63, 3.8) is 0 Å². The predicted octanol–water partition coefficient (Wildman–Crippen LogP) is 4.14. The molecule has 5 heteroatoms. The summed E-state index contributed by atoms with van der Waals surface area (Å²) in [4.78, 5) is 15.0. The lowest BCUT2D eigenvalue weighted by molar-refractivity contribution is 0.0697. The zero-order chi connectivity index (χ0) is 15.1. The van der Waals surface area contributed by atoms with E-state index in [1.54, 1.807) is 31.4 Å². The largest absolute Gasteiger partial charge is 0.497 e. The molecule has 0 unspecified atom stereocenters. The number of rotatable bonds is 3. The normalized spacial score (nSPS) is 9.40.